The van der Waals surface area contributed by atoms with Crippen LogP contribution >= 0.6 is 0 Å². The van der Waals surface area contributed by atoms with E-state index < -0.39 is 0 Å². The van der Waals surface area contributed by atoms with E-state index >= 15 is 0 Å². The molecule has 0 aliphatic rings. The van der Waals surface area contributed by atoms with E-state index in [2.05, 4.69) is 73.6 Å². The maximum Gasteiger partial charge on any atom is 0.0747 e. The largest absolute Gasteiger partial charge is 0.247 e. The highest BCUT2D eigenvalue weighted by atomic mass is 14.7. The molecule has 0 N–H and O–H groups in total. The normalized spacial score (nSPS) is 12.3. The number of benzene rings is 2. The van der Waals surface area contributed by atoms with E-state index in [4.69, 9.17) is 4.98 Å². The van der Waals surface area contributed by atoms with Crippen LogP contribution in [0.2, 0.25) is 0 Å². The van der Waals surface area contributed by atoms with Crippen LogP contribution in [-0.4, -0.2) is 4.98 Å². The second-order valence-electron chi connectivity index (χ2n) is 7.98. The van der Waals surface area contributed by atoms with Gasteiger partial charge in [0.25, 0.3) is 0 Å². The van der Waals surface area contributed by atoms with Crippen LogP contribution in [0.3, 0.4) is 0 Å². The van der Waals surface area contributed by atoms with Crippen molar-refractivity contribution in [2.45, 2.75) is 60.8 Å². The minimum absolute atomic E-state index is 0.0755. The molecule has 0 atom stereocenters. The second-order valence-corrected chi connectivity index (χ2v) is 7.98. The zero-order valence-corrected chi connectivity index (χ0v) is 15.7. The lowest BCUT2D eigenvalue weighted by Crippen LogP contribution is -2.15. The third-order valence-corrected chi connectivity index (χ3v) is 5.31. The van der Waals surface area contributed by atoms with Gasteiger partial charge in [0.05, 0.1) is 11.0 Å². The first-order chi connectivity index (χ1) is 10.6. The van der Waals surface area contributed by atoms with E-state index in [0.717, 1.165) is 5.52 Å². The molecule has 0 aliphatic carbocycles. The highest BCUT2D eigenvalue weighted by Gasteiger charge is 2.24. The number of aryl methyl sites for hydroxylation is 3. The smallest absolute Gasteiger partial charge is 0.0747 e. The zero-order chi connectivity index (χ0) is 17.1. The summed E-state index contributed by atoms with van der Waals surface area (Å²) in [5.74, 6) is 0. The van der Waals surface area contributed by atoms with Gasteiger partial charge in [0.1, 0.15) is 0 Å². The number of aromatic nitrogens is 1. The SMILES string of the molecule is Cc1ccc2nc3c(C)c(C)c(C)c(C)c3c(C(C)(C)C)c2c1. The van der Waals surface area contributed by atoms with E-state index in [9.17, 15) is 0 Å². The van der Waals surface area contributed by atoms with Crippen LogP contribution in [0, 0.1) is 34.6 Å². The van der Waals surface area contributed by atoms with Gasteiger partial charge in [-0.05, 0) is 80.0 Å². The first-order valence-corrected chi connectivity index (χ1v) is 8.44. The van der Waals surface area contributed by atoms with Crippen LogP contribution in [0.1, 0.15) is 54.2 Å². The van der Waals surface area contributed by atoms with Crippen molar-refractivity contribution in [3.63, 3.8) is 0 Å². The predicted molar refractivity (Wildman–Crippen MR) is 102 cm³/mol. The molecule has 1 heteroatoms. The molecule has 1 heterocycles. The van der Waals surface area contributed by atoms with Crippen LogP contribution in [0.25, 0.3) is 21.8 Å². The minimum Gasteiger partial charge on any atom is -0.247 e. The summed E-state index contributed by atoms with van der Waals surface area (Å²) in [5, 5.41) is 2.66. The fourth-order valence-electron chi connectivity index (χ4n) is 3.72. The molecular weight excluding hydrogens is 278 g/mol. The summed E-state index contributed by atoms with van der Waals surface area (Å²) in [4.78, 5) is 5.06. The van der Waals surface area contributed by atoms with Crippen molar-refractivity contribution in [2.24, 2.45) is 0 Å². The molecule has 0 fully saturated rings. The van der Waals surface area contributed by atoms with Gasteiger partial charge in [-0.25, -0.2) is 4.98 Å². The quantitative estimate of drug-likeness (QED) is 0.449. The molecule has 0 saturated heterocycles. The fraction of sp³-hybridized carbons (Fsp3) is 0.409. The number of rotatable bonds is 0. The van der Waals surface area contributed by atoms with Crippen molar-refractivity contribution in [1.29, 1.82) is 0 Å². The average Bonchev–Trinajstić information content (AvgIpc) is 2.47. The van der Waals surface area contributed by atoms with Gasteiger partial charge in [-0.2, -0.15) is 0 Å². The molecule has 0 bridgehead atoms. The van der Waals surface area contributed by atoms with E-state index in [1.807, 2.05) is 0 Å². The molecular formula is C22H27N. The molecule has 120 valence electrons. The van der Waals surface area contributed by atoms with Crippen molar-refractivity contribution >= 4 is 21.8 Å². The number of nitrogens with zero attached hydrogens (tertiary/aromatic N) is 1. The Morgan fingerprint density at radius 3 is 2.00 bits per heavy atom. The molecule has 0 aliphatic heterocycles. The molecule has 0 radical (unpaired) electrons. The molecule has 2 aromatic carbocycles. The molecule has 23 heavy (non-hydrogen) atoms. The van der Waals surface area contributed by atoms with Crippen LogP contribution in [-0.2, 0) is 5.41 Å². The van der Waals surface area contributed by atoms with Gasteiger partial charge >= 0.3 is 0 Å². The van der Waals surface area contributed by atoms with Gasteiger partial charge in [-0.15, -0.1) is 0 Å². The highest BCUT2D eigenvalue weighted by molar-refractivity contribution is 6.02. The molecule has 0 amide bonds. The van der Waals surface area contributed by atoms with Crippen molar-refractivity contribution in [1.82, 2.24) is 4.98 Å². The predicted octanol–water partition coefficient (Wildman–Crippen LogP) is 6.23. The van der Waals surface area contributed by atoms with Gasteiger partial charge in [0.15, 0.2) is 0 Å². The van der Waals surface area contributed by atoms with Gasteiger partial charge in [-0.3, -0.25) is 0 Å². The van der Waals surface area contributed by atoms with Gasteiger partial charge in [0, 0.05) is 10.8 Å². The van der Waals surface area contributed by atoms with Crippen molar-refractivity contribution < 1.29 is 0 Å². The Bertz CT molecular complexity index is 940. The van der Waals surface area contributed by atoms with E-state index in [-0.39, 0.29) is 5.41 Å². The van der Waals surface area contributed by atoms with Crippen LogP contribution in [0.15, 0.2) is 18.2 Å². The highest BCUT2D eigenvalue weighted by Crippen LogP contribution is 2.40. The number of hydrogen-bond donors (Lipinski definition) is 0. The first-order valence-electron chi connectivity index (χ1n) is 8.44. The van der Waals surface area contributed by atoms with Gasteiger partial charge in [-0.1, -0.05) is 32.4 Å². The molecule has 3 rings (SSSR count). The maximum absolute atomic E-state index is 5.06. The third-order valence-electron chi connectivity index (χ3n) is 5.31. The molecule has 0 spiro atoms. The first kappa shape index (κ1) is 16.0. The summed E-state index contributed by atoms with van der Waals surface area (Å²) in [6.45, 7) is 18.0. The lowest BCUT2D eigenvalue weighted by Gasteiger charge is -2.26. The Labute approximate surface area is 139 Å². The van der Waals surface area contributed by atoms with E-state index in [0.29, 0.717) is 0 Å². The van der Waals surface area contributed by atoms with Crippen LogP contribution in [0.4, 0.5) is 0 Å². The second kappa shape index (κ2) is 5.06. The van der Waals surface area contributed by atoms with Gasteiger partial charge < -0.3 is 0 Å². The van der Waals surface area contributed by atoms with Crippen molar-refractivity contribution in [2.75, 3.05) is 0 Å². The zero-order valence-electron chi connectivity index (χ0n) is 15.7. The standard InChI is InChI=1S/C22H27N/c1-12-9-10-18-17(11-12)20(22(6,7)8)19-15(4)13(2)14(3)16(5)21(19)23-18/h9-11H,1-8H3. The average molecular weight is 305 g/mol. The third kappa shape index (κ3) is 2.34. The Morgan fingerprint density at radius 2 is 1.39 bits per heavy atom. The van der Waals surface area contributed by atoms with E-state index in [1.54, 1.807) is 0 Å². The summed E-state index contributed by atoms with van der Waals surface area (Å²) < 4.78 is 0. The molecule has 0 unspecified atom stereocenters. The monoisotopic (exact) mass is 305 g/mol. The Hall–Kier alpha value is -1.89. The van der Waals surface area contributed by atoms with Crippen LogP contribution < -0.4 is 0 Å². The topological polar surface area (TPSA) is 12.9 Å². The van der Waals surface area contributed by atoms with Gasteiger partial charge in [0.2, 0.25) is 0 Å². The fourth-order valence-corrected chi connectivity index (χ4v) is 3.72. The Balaban J connectivity index is 2.71. The molecule has 1 aromatic heterocycles. The summed E-state index contributed by atoms with van der Waals surface area (Å²) in [7, 11) is 0. The van der Waals surface area contributed by atoms with E-state index in [1.165, 1.54) is 49.7 Å². The maximum atomic E-state index is 5.06. The Morgan fingerprint density at radius 1 is 0.783 bits per heavy atom. The number of hydrogen-bond acceptors (Lipinski definition) is 1. The van der Waals surface area contributed by atoms with Crippen molar-refractivity contribution in [3.8, 4) is 0 Å². The van der Waals surface area contributed by atoms with Crippen molar-refractivity contribution in [3.05, 3.63) is 51.6 Å². The summed E-state index contributed by atoms with van der Waals surface area (Å²) in [6, 6.07) is 6.63. The minimum atomic E-state index is 0.0755. The molecule has 0 saturated carbocycles. The summed E-state index contributed by atoms with van der Waals surface area (Å²) in [5.41, 5.74) is 10.5. The lowest BCUT2D eigenvalue weighted by molar-refractivity contribution is 0.600. The Kier molecular flexibility index (Phi) is 3.51. The number of pyridine rings is 1. The number of fused-ring (bicyclic) bond motifs is 2. The van der Waals surface area contributed by atoms with Crippen LogP contribution in [0.5, 0.6) is 0 Å². The summed E-state index contributed by atoms with van der Waals surface area (Å²) in [6.07, 6.45) is 0. The lowest BCUT2D eigenvalue weighted by atomic mass is 9.79. The summed E-state index contributed by atoms with van der Waals surface area (Å²) >= 11 is 0. The molecule has 1 nitrogen and oxygen atoms in total. The molecule has 3 aromatic rings.